The van der Waals surface area contributed by atoms with E-state index in [4.69, 9.17) is 16.3 Å². The zero-order chi connectivity index (χ0) is 21.5. The molecule has 4 rings (SSSR count). The van der Waals surface area contributed by atoms with E-state index < -0.39 is 0 Å². The molecule has 1 N–H and O–H groups in total. The van der Waals surface area contributed by atoms with Crippen molar-refractivity contribution in [2.75, 3.05) is 43.0 Å². The first-order valence-corrected chi connectivity index (χ1v) is 10.5. The summed E-state index contributed by atoms with van der Waals surface area (Å²) < 4.78 is 5.46. The normalized spacial score (nSPS) is 14.3. The lowest BCUT2D eigenvalue weighted by atomic mass is 10.2. The van der Waals surface area contributed by atoms with Crippen LogP contribution in [0.15, 0.2) is 67.1 Å². The van der Waals surface area contributed by atoms with E-state index in [9.17, 15) is 4.79 Å². The Bertz CT molecular complexity index is 975. The highest BCUT2D eigenvalue weighted by atomic mass is 35.5. The number of carbonyl (C=O) groups is 1. The highest BCUT2D eigenvalue weighted by Crippen LogP contribution is 2.18. The number of hydrogen-bond donors (Lipinski definition) is 1. The van der Waals surface area contributed by atoms with Crippen LogP contribution >= 0.6 is 11.6 Å². The summed E-state index contributed by atoms with van der Waals surface area (Å²) in [5.74, 6) is 1.26. The number of aromatic nitrogens is 2. The number of rotatable bonds is 7. The van der Waals surface area contributed by atoms with Gasteiger partial charge in [-0.25, -0.2) is 4.98 Å². The van der Waals surface area contributed by atoms with Crippen LogP contribution in [0.4, 0.5) is 11.5 Å². The number of carbonyl (C=O) groups excluding carboxylic acids is 1. The number of halogens is 1. The van der Waals surface area contributed by atoms with Crippen molar-refractivity contribution >= 4 is 29.0 Å². The predicted molar refractivity (Wildman–Crippen MR) is 122 cm³/mol. The fourth-order valence-electron chi connectivity index (χ4n) is 3.41. The topological polar surface area (TPSA) is 70.6 Å². The summed E-state index contributed by atoms with van der Waals surface area (Å²) in [5.41, 5.74) is 1.87. The molecule has 3 heterocycles. The first-order chi connectivity index (χ1) is 15.2. The molecule has 1 aliphatic heterocycles. The zero-order valence-corrected chi connectivity index (χ0v) is 17.8. The molecule has 1 fully saturated rings. The van der Waals surface area contributed by atoms with E-state index in [0.717, 1.165) is 38.5 Å². The van der Waals surface area contributed by atoms with Crippen molar-refractivity contribution in [3.05, 3.63) is 77.7 Å². The highest BCUT2D eigenvalue weighted by Gasteiger charge is 2.18. The quantitative estimate of drug-likeness (QED) is 0.610. The van der Waals surface area contributed by atoms with Gasteiger partial charge in [-0.15, -0.1) is 0 Å². The average Bonchev–Trinajstić information content (AvgIpc) is 2.80. The summed E-state index contributed by atoms with van der Waals surface area (Å²) in [6.07, 6.45) is 5.39. The van der Waals surface area contributed by atoms with Gasteiger partial charge in [0.25, 0.3) is 5.91 Å². The maximum atomic E-state index is 12.1. The molecule has 1 saturated heterocycles. The van der Waals surface area contributed by atoms with Gasteiger partial charge in [0.15, 0.2) is 6.61 Å². The summed E-state index contributed by atoms with van der Waals surface area (Å²) in [7, 11) is 0. The first-order valence-electron chi connectivity index (χ1n) is 10.2. The third-order valence-electron chi connectivity index (χ3n) is 5.04. The second kappa shape index (κ2) is 10.2. The Morgan fingerprint density at radius 2 is 1.84 bits per heavy atom. The molecule has 0 atom stereocenters. The SMILES string of the molecule is O=C(COc1ccc(Cl)cc1)Nc1ccc(N2CCN(Cc3cccnc3)CC2)nc1. The van der Waals surface area contributed by atoms with Crippen molar-refractivity contribution in [2.45, 2.75) is 6.54 Å². The molecule has 0 saturated carbocycles. The van der Waals surface area contributed by atoms with Gasteiger partial charge in [-0.3, -0.25) is 14.7 Å². The van der Waals surface area contributed by atoms with Crippen LogP contribution in [0.5, 0.6) is 5.75 Å². The van der Waals surface area contributed by atoms with E-state index in [0.29, 0.717) is 16.5 Å². The number of pyridine rings is 2. The largest absolute Gasteiger partial charge is 0.484 e. The number of nitrogens with one attached hydrogen (secondary N) is 1. The van der Waals surface area contributed by atoms with Crippen LogP contribution in [-0.2, 0) is 11.3 Å². The van der Waals surface area contributed by atoms with Gasteiger partial charge in [0.2, 0.25) is 0 Å². The summed E-state index contributed by atoms with van der Waals surface area (Å²) in [6.45, 7) is 4.59. The number of ether oxygens (including phenoxy) is 1. The average molecular weight is 438 g/mol. The molecule has 1 amide bonds. The molecule has 7 nitrogen and oxygen atoms in total. The first kappa shape index (κ1) is 21.1. The molecule has 160 valence electrons. The van der Waals surface area contributed by atoms with Crippen molar-refractivity contribution < 1.29 is 9.53 Å². The van der Waals surface area contributed by atoms with E-state index >= 15 is 0 Å². The molecule has 0 unspecified atom stereocenters. The van der Waals surface area contributed by atoms with Crippen molar-refractivity contribution in [2.24, 2.45) is 0 Å². The van der Waals surface area contributed by atoms with Crippen LogP contribution in [0, 0.1) is 0 Å². The minimum Gasteiger partial charge on any atom is -0.484 e. The minimum atomic E-state index is -0.242. The van der Waals surface area contributed by atoms with Gasteiger partial charge in [0, 0.05) is 50.1 Å². The number of piperazine rings is 1. The molecular weight excluding hydrogens is 414 g/mol. The van der Waals surface area contributed by atoms with E-state index in [1.54, 1.807) is 36.7 Å². The molecule has 0 bridgehead atoms. The lowest BCUT2D eigenvalue weighted by molar-refractivity contribution is -0.118. The van der Waals surface area contributed by atoms with E-state index in [-0.39, 0.29) is 12.5 Å². The van der Waals surface area contributed by atoms with Gasteiger partial charge in [0.05, 0.1) is 11.9 Å². The molecule has 8 heteroatoms. The zero-order valence-electron chi connectivity index (χ0n) is 17.1. The van der Waals surface area contributed by atoms with Gasteiger partial charge < -0.3 is 15.0 Å². The van der Waals surface area contributed by atoms with Crippen LogP contribution < -0.4 is 15.0 Å². The van der Waals surface area contributed by atoms with Gasteiger partial charge in [-0.1, -0.05) is 17.7 Å². The van der Waals surface area contributed by atoms with Gasteiger partial charge in [-0.05, 0) is 48.0 Å². The smallest absolute Gasteiger partial charge is 0.262 e. The molecule has 0 spiro atoms. The number of benzene rings is 1. The standard InChI is InChI=1S/C23H24ClN5O2/c24-19-3-6-21(7-4-19)31-17-23(30)27-20-5-8-22(26-15-20)29-12-10-28(11-13-29)16-18-2-1-9-25-14-18/h1-9,14-15H,10-13,16-17H2,(H,27,30). The second-order valence-electron chi connectivity index (χ2n) is 7.32. The van der Waals surface area contributed by atoms with Gasteiger partial charge in [0.1, 0.15) is 11.6 Å². The lowest BCUT2D eigenvalue weighted by Gasteiger charge is -2.35. The summed E-state index contributed by atoms with van der Waals surface area (Å²) in [5, 5.41) is 3.43. The van der Waals surface area contributed by atoms with Crippen LogP contribution in [0.1, 0.15) is 5.56 Å². The van der Waals surface area contributed by atoms with Crippen molar-refractivity contribution in [1.82, 2.24) is 14.9 Å². The molecule has 3 aromatic rings. The molecule has 1 aliphatic rings. The minimum absolute atomic E-state index is 0.0811. The Hall–Kier alpha value is -3.16. The number of amides is 1. The maximum absolute atomic E-state index is 12.1. The van der Waals surface area contributed by atoms with Crippen LogP contribution in [0.25, 0.3) is 0 Å². The monoisotopic (exact) mass is 437 g/mol. The molecule has 0 aliphatic carbocycles. The molecular formula is C23H24ClN5O2. The Morgan fingerprint density at radius 1 is 1.03 bits per heavy atom. The fourth-order valence-corrected chi connectivity index (χ4v) is 3.53. The van der Waals surface area contributed by atoms with Crippen LogP contribution in [-0.4, -0.2) is 53.6 Å². The fraction of sp³-hybridized carbons (Fsp3) is 0.261. The van der Waals surface area contributed by atoms with E-state index in [1.165, 1.54) is 5.56 Å². The summed E-state index contributed by atoms with van der Waals surface area (Å²) >= 11 is 5.84. The molecule has 1 aromatic carbocycles. The van der Waals surface area contributed by atoms with E-state index in [2.05, 4.69) is 31.2 Å². The van der Waals surface area contributed by atoms with Crippen LogP contribution in [0.3, 0.4) is 0 Å². The Balaban J connectivity index is 1.23. The highest BCUT2D eigenvalue weighted by molar-refractivity contribution is 6.30. The molecule has 0 radical (unpaired) electrons. The number of anilines is 2. The van der Waals surface area contributed by atoms with Crippen LogP contribution in [0.2, 0.25) is 5.02 Å². The third kappa shape index (κ3) is 6.16. The maximum Gasteiger partial charge on any atom is 0.262 e. The Morgan fingerprint density at radius 3 is 2.52 bits per heavy atom. The van der Waals surface area contributed by atoms with Gasteiger partial charge in [-0.2, -0.15) is 0 Å². The van der Waals surface area contributed by atoms with Crippen molar-refractivity contribution in [1.29, 1.82) is 0 Å². The number of nitrogens with zero attached hydrogens (tertiary/aromatic N) is 4. The predicted octanol–water partition coefficient (Wildman–Crippen LogP) is 3.47. The van der Waals surface area contributed by atoms with Gasteiger partial charge >= 0.3 is 0 Å². The molecule has 2 aromatic heterocycles. The lowest BCUT2D eigenvalue weighted by Crippen LogP contribution is -2.46. The Labute approximate surface area is 186 Å². The second-order valence-corrected chi connectivity index (χ2v) is 7.76. The van der Waals surface area contributed by atoms with Crippen molar-refractivity contribution in [3.8, 4) is 5.75 Å². The van der Waals surface area contributed by atoms with E-state index in [1.807, 2.05) is 24.4 Å². The van der Waals surface area contributed by atoms with Crippen molar-refractivity contribution in [3.63, 3.8) is 0 Å². The third-order valence-corrected chi connectivity index (χ3v) is 5.29. The molecule has 31 heavy (non-hydrogen) atoms. The Kier molecular flexibility index (Phi) is 6.96. The summed E-state index contributed by atoms with van der Waals surface area (Å²) in [4.78, 5) is 25.5. The summed E-state index contributed by atoms with van der Waals surface area (Å²) in [6, 6.07) is 14.8. The number of hydrogen-bond acceptors (Lipinski definition) is 6.